The molecule has 0 spiro atoms. The minimum absolute atomic E-state index is 0.0633. The maximum Gasteiger partial charge on any atom is 0.293 e. The van der Waals surface area contributed by atoms with Crippen molar-refractivity contribution in [2.45, 2.75) is 0 Å². The van der Waals surface area contributed by atoms with Crippen LogP contribution in [0.4, 0.5) is 11.4 Å². The van der Waals surface area contributed by atoms with Gasteiger partial charge in [0.15, 0.2) is 0 Å². The number of methoxy groups -OCH3 is 1. The van der Waals surface area contributed by atoms with Crippen molar-refractivity contribution in [1.82, 2.24) is 5.32 Å². The van der Waals surface area contributed by atoms with E-state index in [2.05, 4.69) is 10.6 Å². The summed E-state index contributed by atoms with van der Waals surface area (Å²) in [6.45, 7) is 0.735. The number of ether oxygens (including phenoxy) is 1. The molecule has 1 aromatic rings. The van der Waals surface area contributed by atoms with Crippen molar-refractivity contribution in [3.8, 4) is 0 Å². The van der Waals surface area contributed by atoms with Crippen molar-refractivity contribution in [2.24, 2.45) is 0 Å². The zero-order chi connectivity index (χ0) is 14.3. The molecule has 0 aliphatic carbocycles. The van der Waals surface area contributed by atoms with E-state index >= 15 is 0 Å². The molecule has 0 atom stereocenters. The Morgan fingerprint density at radius 3 is 2.89 bits per heavy atom. The Labute approximate surface area is 115 Å². The van der Waals surface area contributed by atoms with Crippen molar-refractivity contribution in [2.75, 3.05) is 32.1 Å². The summed E-state index contributed by atoms with van der Waals surface area (Å²) in [6, 6.07) is 4.20. The van der Waals surface area contributed by atoms with E-state index in [0.717, 1.165) is 0 Å². The van der Waals surface area contributed by atoms with E-state index in [1.165, 1.54) is 25.3 Å². The number of carbonyl (C=O) groups is 1. The fourth-order valence-corrected chi connectivity index (χ4v) is 1.50. The molecule has 2 N–H and O–H groups in total. The first kappa shape index (κ1) is 15.2. The number of hydrogen-bond acceptors (Lipinski definition) is 5. The van der Waals surface area contributed by atoms with E-state index < -0.39 is 4.92 Å². The smallest absolute Gasteiger partial charge is 0.293 e. The van der Waals surface area contributed by atoms with E-state index in [0.29, 0.717) is 13.2 Å². The standard InChI is InChI=1S/C11H14ClN3O4/c1-19-5-4-13-11(16)7-14-9-3-2-8(12)6-10(9)15(17)18/h2-3,6,14H,4-5,7H2,1H3,(H,13,16). The Balaban J connectivity index is 2.57. The summed E-state index contributed by atoms with van der Waals surface area (Å²) in [7, 11) is 1.53. The van der Waals surface area contributed by atoms with Crippen molar-refractivity contribution < 1.29 is 14.5 Å². The van der Waals surface area contributed by atoms with Gasteiger partial charge in [-0.3, -0.25) is 14.9 Å². The summed E-state index contributed by atoms with van der Waals surface area (Å²) in [6.07, 6.45) is 0. The van der Waals surface area contributed by atoms with E-state index in [9.17, 15) is 14.9 Å². The minimum atomic E-state index is -0.558. The fourth-order valence-electron chi connectivity index (χ4n) is 1.34. The molecule has 0 bridgehead atoms. The van der Waals surface area contributed by atoms with Crippen LogP contribution in [-0.4, -0.2) is 37.6 Å². The quantitative estimate of drug-likeness (QED) is 0.449. The molecule has 0 aliphatic rings. The second-order valence-corrected chi connectivity index (χ2v) is 4.05. The molecule has 104 valence electrons. The van der Waals surface area contributed by atoms with Crippen LogP contribution < -0.4 is 10.6 Å². The molecule has 0 saturated heterocycles. The van der Waals surface area contributed by atoms with Crippen LogP contribution in [0.15, 0.2) is 18.2 Å². The van der Waals surface area contributed by atoms with Crippen LogP contribution in [0.5, 0.6) is 0 Å². The van der Waals surface area contributed by atoms with E-state index in [1.54, 1.807) is 0 Å². The third-order valence-electron chi connectivity index (χ3n) is 2.22. The predicted molar refractivity (Wildman–Crippen MR) is 71.5 cm³/mol. The minimum Gasteiger partial charge on any atom is -0.383 e. The Kier molecular flexibility index (Phi) is 6.04. The van der Waals surface area contributed by atoms with Crippen molar-refractivity contribution in [3.05, 3.63) is 33.3 Å². The lowest BCUT2D eigenvalue weighted by Gasteiger charge is -2.08. The summed E-state index contributed by atoms with van der Waals surface area (Å²) in [5, 5.41) is 16.4. The number of halogens is 1. The van der Waals surface area contributed by atoms with Crippen LogP contribution in [0.25, 0.3) is 0 Å². The average molecular weight is 288 g/mol. The zero-order valence-corrected chi connectivity index (χ0v) is 11.1. The number of hydrogen-bond donors (Lipinski definition) is 2. The highest BCUT2D eigenvalue weighted by Gasteiger charge is 2.14. The molecule has 0 aromatic heterocycles. The van der Waals surface area contributed by atoms with Crippen molar-refractivity contribution in [1.29, 1.82) is 0 Å². The second kappa shape index (κ2) is 7.55. The molecule has 1 aromatic carbocycles. The zero-order valence-electron chi connectivity index (χ0n) is 10.3. The monoisotopic (exact) mass is 287 g/mol. The first-order chi connectivity index (χ1) is 9.04. The molecule has 7 nitrogen and oxygen atoms in total. The van der Waals surface area contributed by atoms with Gasteiger partial charge in [-0.15, -0.1) is 0 Å². The molecule has 0 unspecified atom stereocenters. The topological polar surface area (TPSA) is 93.5 Å². The van der Waals surface area contributed by atoms with Gasteiger partial charge >= 0.3 is 0 Å². The number of anilines is 1. The fraction of sp³-hybridized carbons (Fsp3) is 0.364. The van der Waals surface area contributed by atoms with Gasteiger partial charge in [-0.05, 0) is 12.1 Å². The maximum absolute atomic E-state index is 11.4. The van der Waals surface area contributed by atoms with E-state index in [1.807, 2.05) is 0 Å². The molecular weight excluding hydrogens is 274 g/mol. The van der Waals surface area contributed by atoms with Gasteiger partial charge in [-0.2, -0.15) is 0 Å². The number of carbonyl (C=O) groups excluding carboxylic acids is 1. The number of nitrogens with zero attached hydrogens (tertiary/aromatic N) is 1. The maximum atomic E-state index is 11.4. The van der Waals surface area contributed by atoms with Gasteiger partial charge in [0.2, 0.25) is 5.91 Å². The molecular formula is C11H14ClN3O4. The van der Waals surface area contributed by atoms with Gasteiger partial charge in [0.1, 0.15) is 5.69 Å². The molecule has 0 radical (unpaired) electrons. The summed E-state index contributed by atoms with van der Waals surface area (Å²) >= 11 is 5.68. The average Bonchev–Trinajstić information content (AvgIpc) is 2.37. The van der Waals surface area contributed by atoms with E-state index in [4.69, 9.17) is 16.3 Å². The number of nitro groups is 1. The molecule has 0 fully saturated rings. The van der Waals surface area contributed by atoms with Gasteiger partial charge in [-0.25, -0.2) is 0 Å². The molecule has 8 heteroatoms. The highest BCUT2D eigenvalue weighted by molar-refractivity contribution is 6.30. The third-order valence-corrected chi connectivity index (χ3v) is 2.46. The summed E-state index contributed by atoms with van der Waals surface area (Å²) in [5.41, 5.74) is 0.0773. The summed E-state index contributed by atoms with van der Waals surface area (Å²) in [4.78, 5) is 21.7. The Bertz CT molecular complexity index is 467. The Morgan fingerprint density at radius 1 is 1.53 bits per heavy atom. The van der Waals surface area contributed by atoms with Gasteiger partial charge in [0.05, 0.1) is 18.1 Å². The molecule has 19 heavy (non-hydrogen) atoms. The molecule has 1 rings (SSSR count). The first-order valence-electron chi connectivity index (χ1n) is 5.48. The lowest BCUT2D eigenvalue weighted by molar-refractivity contribution is -0.383. The van der Waals surface area contributed by atoms with Gasteiger partial charge in [0.25, 0.3) is 5.69 Å². The second-order valence-electron chi connectivity index (χ2n) is 3.61. The van der Waals surface area contributed by atoms with Crippen LogP contribution in [-0.2, 0) is 9.53 Å². The third kappa shape index (κ3) is 5.11. The molecule has 0 heterocycles. The highest BCUT2D eigenvalue weighted by Crippen LogP contribution is 2.27. The molecule has 0 saturated carbocycles. The molecule has 0 aliphatic heterocycles. The van der Waals surface area contributed by atoms with E-state index in [-0.39, 0.29) is 28.8 Å². The number of nitrogens with one attached hydrogen (secondary N) is 2. The number of rotatable bonds is 7. The highest BCUT2D eigenvalue weighted by atomic mass is 35.5. The lowest BCUT2D eigenvalue weighted by atomic mass is 10.2. The van der Waals surface area contributed by atoms with Crippen LogP contribution >= 0.6 is 11.6 Å². The number of nitro benzene ring substituents is 1. The molecule has 1 amide bonds. The normalized spacial score (nSPS) is 10.0. The summed E-state index contributed by atoms with van der Waals surface area (Å²) < 4.78 is 4.78. The van der Waals surface area contributed by atoms with Gasteiger partial charge < -0.3 is 15.4 Å². The van der Waals surface area contributed by atoms with Crippen molar-refractivity contribution >= 4 is 28.9 Å². The van der Waals surface area contributed by atoms with Crippen LogP contribution in [0, 0.1) is 10.1 Å². The summed E-state index contributed by atoms with van der Waals surface area (Å²) in [5.74, 6) is -0.277. The lowest BCUT2D eigenvalue weighted by Crippen LogP contribution is -2.32. The Morgan fingerprint density at radius 2 is 2.26 bits per heavy atom. The largest absolute Gasteiger partial charge is 0.383 e. The number of amides is 1. The van der Waals surface area contributed by atoms with Gasteiger partial charge in [0, 0.05) is 24.7 Å². The van der Waals surface area contributed by atoms with Gasteiger partial charge in [-0.1, -0.05) is 11.6 Å². The SMILES string of the molecule is COCCNC(=O)CNc1ccc(Cl)cc1[N+](=O)[O-]. The van der Waals surface area contributed by atoms with Crippen molar-refractivity contribution in [3.63, 3.8) is 0 Å². The Hall–Kier alpha value is -1.86. The van der Waals surface area contributed by atoms with Crippen LogP contribution in [0.2, 0.25) is 5.02 Å². The first-order valence-corrected chi connectivity index (χ1v) is 5.86. The van der Waals surface area contributed by atoms with Crippen LogP contribution in [0.3, 0.4) is 0 Å². The number of benzene rings is 1. The predicted octanol–water partition coefficient (Wildman–Crippen LogP) is 1.42. The van der Waals surface area contributed by atoms with Crippen LogP contribution in [0.1, 0.15) is 0 Å².